The second-order valence-electron chi connectivity index (χ2n) is 17.6. The van der Waals surface area contributed by atoms with E-state index in [1.54, 1.807) is 72.8 Å². The van der Waals surface area contributed by atoms with Crippen LogP contribution in [0.25, 0.3) is 0 Å². The van der Waals surface area contributed by atoms with Crippen molar-refractivity contribution in [2.24, 2.45) is 20.5 Å². The Labute approximate surface area is 459 Å². The number of carbonyl (C=O) groups excluding carboxylic acids is 7. The second-order valence-corrected chi connectivity index (χ2v) is 17.6. The zero-order chi connectivity index (χ0) is 58.9. The standard InChI is InChI=1S/C18H15N5O5.C18H17N5O3.C10H10N2O4.C8H8N2O/c1-10(24)17(18(26)19-12-3-2-4-14(8-12)23(27)28)22-21-13-6-5-11-7-16(25)20-15(11)9-13;1-10(24)17(18(26)20-13-4-2-3-12(19)8-13)23-22-14-6-5-11-7-16(25)21-15(11)9-14;1-7(13)5-10(14)11-8-3-2-4-9(6-8)12(15)16;9-6-2-1-5-3-8(11)10-7(5)4-6/h2-6,8-9,24H,7H2,1H3,(H,19,26)(H,20,25);2-6,8-9,24H,7,19H2,1H3,(H,20,26)(H,21,25);2-4,6H,5H2,1H3,(H,11,14);1-2,4H,3,9H2,(H,10,11). The molecule has 0 atom stereocenters. The number of carbonyl (C=O) groups is 7. The van der Waals surface area contributed by atoms with Gasteiger partial charge in [-0.15, -0.1) is 10.2 Å². The Balaban J connectivity index is 0.000000183. The normalized spacial score (nSPS) is 13.0. The summed E-state index contributed by atoms with van der Waals surface area (Å²) in [5, 5.41) is 71.9. The molecule has 3 heterocycles. The van der Waals surface area contributed by atoms with Crippen molar-refractivity contribution in [2.75, 3.05) is 43.4 Å². The molecule has 3 aliphatic rings. The van der Waals surface area contributed by atoms with E-state index >= 15 is 0 Å². The van der Waals surface area contributed by atoms with Crippen LogP contribution in [0.5, 0.6) is 0 Å². The van der Waals surface area contributed by atoms with Gasteiger partial charge in [-0.25, -0.2) is 0 Å². The zero-order valence-corrected chi connectivity index (χ0v) is 43.2. The molecule has 9 rings (SSSR count). The van der Waals surface area contributed by atoms with E-state index in [1.807, 2.05) is 6.07 Å². The van der Waals surface area contributed by atoms with E-state index in [2.05, 4.69) is 52.4 Å². The van der Waals surface area contributed by atoms with Gasteiger partial charge in [0, 0.05) is 69.8 Å². The van der Waals surface area contributed by atoms with Gasteiger partial charge in [0.2, 0.25) is 23.6 Å². The van der Waals surface area contributed by atoms with Gasteiger partial charge in [0.15, 0.2) is 11.4 Å². The molecule has 6 aromatic rings. The van der Waals surface area contributed by atoms with Crippen LogP contribution in [0.3, 0.4) is 0 Å². The van der Waals surface area contributed by atoms with Crippen LogP contribution < -0.4 is 43.4 Å². The van der Waals surface area contributed by atoms with E-state index in [0.717, 1.165) is 22.4 Å². The number of non-ortho nitro benzene ring substituents is 2. The summed E-state index contributed by atoms with van der Waals surface area (Å²) in [5.41, 5.74) is 18.2. The van der Waals surface area contributed by atoms with E-state index in [1.165, 1.54) is 69.3 Å². The zero-order valence-electron chi connectivity index (χ0n) is 43.2. The number of hydrogen-bond donors (Lipinski definition) is 10. The number of nitro benzene ring substituents is 2. The average molecular weight is 1100 g/mol. The minimum Gasteiger partial charge on any atom is -0.510 e. The lowest BCUT2D eigenvalue weighted by atomic mass is 10.1. The molecule has 0 unspecified atom stereocenters. The molecule has 0 spiro atoms. The number of aliphatic hydroxyl groups excluding tert-OH is 2. The van der Waals surface area contributed by atoms with Crippen molar-refractivity contribution in [1.82, 2.24) is 0 Å². The van der Waals surface area contributed by atoms with E-state index in [4.69, 9.17) is 11.5 Å². The Hall–Kier alpha value is -11.5. The van der Waals surface area contributed by atoms with Crippen LogP contribution >= 0.6 is 0 Å². The Kier molecular flexibility index (Phi) is 19.6. The average Bonchev–Trinajstić information content (AvgIpc) is 4.20. The third-order valence-electron chi connectivity index (χ3n) is 11.1. The molecule has 0 aromatic heterocycles. The molecule has 0 radical (unpaired) electrons. The monoisotopic (exact) mass is 1100 g/mol. The SMILES string of the molecule is CC(=O)CC(=O)Nc1cccc([N+](=O)[O-])c1.CC(O)=C(N=Nc1ccc2c(c1)NC(=O)C2)C(=O)Nc1cccc(N)c1.CC(O)=C(N=Nc1ccc2c(c1)NC(=O)C2)C(=O)Nc1cccc([N+](=O)[O-])c1.Nc1ccc2c(c1)NC(=O)C2. The van der Waals surface area contributed by atoms with Crippen LogP contribution in [0, 0.1) is 20.2 Å². The fourth-order valence-corrected chi connectivity index (χ4v) is 7.36. The van der Waals surface area contributed by atoms with E-state index in [0.29, 0.717) is 64.8 Å². The quantitative estimate of drug-likeness (QED) is 0.00980. The third kappa shape index (κ3) is 17.5. The number of Topliss-reactive ketones (excluding diaryl/α,β-unsaturated/α-hetero) is 1. The van der Waals surface area contributed by atoms with Gasteiger partial charge < -0.3 is 53.6 Å². The first-order valence-electron chi connectivity index (χ1n) is 23.9. The number of azo groups is 2. The predicted octanol–water partition coefficient (Wildman–Crippen LogP) is 9.15. The summed E-state index contributed by atoms with van der Waals surface area (Å²) in [6.45, 7) is 3.91. The smallest absolute Gasteiger partial charge is 0.279 e. The summed E-state index contributed by atoms with van der Waals surface area (Å²) in [4.78, 5) is 100. The number of amides is 6. The summed E-state index contributed by atoms with van der Waals surface area (Å²) in [6.07, 6.45) is 0.869. The molecule has 0 saturated carbocycles. The van der Waals surface area contributed by atoms with Gasteiger partial charge in [0.1, 0.15) is 17.3 Å². The molecule has 27 nitrogen and oxygen atoms in total. The highest BCUT2D eigenvalue weighted by molar-refractivity contribution is 6.06. The van der Waals surface area contributed by atoms with Gasteiger partial charge in [0.25, 0.3) is 23.2 Å². The Bertz CT molecular complexity index is 3640. The molecular formula is C54H50N14O13. The van der Waals surface area contributed by atoms with E-state index in [9.17, 15) is 64.0 Å². The van der Waals surface area contributed by atoms with Crippen LogP contribution in [0.15, 0.2) is 171 Å². The van der Waals surface area contributed by atoms with Crippen molar-refractivity contribution in [3.8, 4) is 0 Å². The fourth-order valence-electron chi connectivity index (χ4n) is 7.36. The van der Waals surface area contributed by atoms with Gasteiger partial charge in [-0.3, -0.25) is 53.8 Å². The Morgan fingerprint density at radius 1 is 0.531 bits per heavy atom. The fraction of sp³-hybridized carbons (Fsp3) is 0.130. The van der Waals surface area contributed by atoms with Gasteiger partial charge >= 0.3 is 0 Å². The minimum absolute atomic E-state index is 0.0469. The molecule has 27 heteroatoms. The number of hydrogen-bond acceptors (Lipinski definition) is 19. The molecule has 414 valence electrons. The van der Waals surface area contributed by atoms with Crippen LogP contribution in [0.2, 0.25) is 0 Å². The number of allylic oxidation sites excluding steroid dienone is 2. The third-order valence-corrected chi connectivity index (χ3v) is 11.1. The van der Waals surface area contributed by atoms with Crippen LogP contribution in [0.4, 0.5) is 68.2 Å². The maximum atomic E-state index is 12.4. The van der Waals surface area contributed by atoms with Crippen molar-refractivity contribution in [1.29, 1.82) is 0 Å². The molecule has 81 heavy (non-hydrogen) atoms. The molecule has 6 amide bonds. The molecule has 0 aliphatic carbocycles. The summed E-state index contributed by atoms with van der Waals surface area (Å²) in [6, 6.07) is 33.1. The molecular weight excluding hydrogens is 1050 g/mol. The van der Waals surface area contributed by atoms with Crippen LogP contribution in [0.1, 0.15) is 43.9 Å². The molecule has 0 saturated heterocycles. The summed E-state index contributed by atoms with van der Waals surface area (Å²) in [5.74, 6) is -2.94. The lowest BCUT2D eigenvalue weighted by Crippen LogP contribution is -2.14. The first-order chi connectivity index (χ1) is 38.5. The van der Waals surface area contributed by atoms with Crippen LogP contribution in [-0.4, -0.2) is 61.3 Å². The molecule has 0 bridgehead atoms. The number of ketones is 1. The van der Waals surface area contributed by atoms with Crippen molar-refractivity contribution in [2.45, 2.75) is 46.5 Å². The number of fused-ring (bicyclic) bond motifs is 3. The first-order valence-corrected chi connectivity index (χ1v) is 23.9. The first kappa shape index (κ1) is 58.7. The Morgan fingerprint density at radius 3 is 1.32 bits per heavy atom. The highest BCUT2D eigenvalue weighted by Crippen LogP contribution is 2.31. The number of nitrogens with zero attached hydrogens (tertiary/aromatic N) is 6. The number of nitrogen functional groups attached to an aromatic ring is 2. The van der Waals surface area contributed by atoms with Crippen molar-refractivity contribution >= 4 is 109 Å². The molecule has 12 N–H and O–H groups in total. The maximum absolute atomic E-state index is 12.4. The van der Waals surface area contributed by atoms with Gasteiger partial charge in [0.05, 0.1) is 46.9 Å². The maximum Gasteiger partial charge on any atom is 0.279 e. The Morgan fingerprint density at radius 2 is 0.914 bits per heavy atom. The largest absolute Gasteiger partial charge is 0.510 e. The highest BCUT2D eigenvalue weighted by Gasteiger charge is 2.21. The number of nitro groups is 2. The number of nitrogens with one attached hydrogen (secondary N) is 6. The van der Waals surface area contributed by atoms with Gasteiger partial charge in [-0.1, -0.05) is 36.4 Å². The van der Waals surface area contributed by atoms with Gasteiger partial charge in [-0.2, -0.15) is 10.2 Å². The number of anilines is 8. The number of rotatable bonds is 13. The second kappa shape index (κ2) is 27.0. The number of benzene rings is 6. The number of aliphatic hydroxyl groups is 2. The van der Waals surface area contributed by atoms with Crippen molar-refractivity contribution in [3.05, 3.63) is 187 Å². The van der Waals surface area contributed by atoms with Crippen LogP contribution in [-0.2, 0) is 52.8 Å². The van der Waals surface area contributed by atoms with E-state index < -0.39 is 27.6 Å². The number of nitrogens with two attached hydrogens (primary N) is 2. The predicted molar refractivity (Wildman–Crippen MR) is 299 cm³/mol. The topological polar surface area (TPSA) is 420 Å². The molecule has 6 aromatic carbocycles. The lowest BCUT2D eigenvalue weighted by Gasteiger charge is -2.06. The minimum atomic E-state index is -0.779. The summed E-state index contributed by atoms with van der Waals surface area (Å²) >= 11 is 0. The highest BCUT2D eigenvalue weighted by atomic mass is 16.6. The lowest BCUT2D eigenvalue weighted by molar-refractivity contribution is -0.385. The molecule has 0 fully saturated rings. The summed E-state index contributed by atoms with van der Waals surface area (Å²) < 4.78 is 0. The van der Waals surface area contributed by atoms with Crippen molar-refractivity contribution in [3.63, 3.8) is 0 Å². The van der Waals surface area contributed by atoms with Crippen molar-refractivity contribution < 1.29 is 53.6 Å². The van der Waals surface area contributed by atoms with E-state index in [-0.39, 0.29) is 69.9 Å². The summed E-state index contributed by atoms with van der Waals surface area (Å²) in [7, 11) is 0. The van der Waals surface area contributed by atoms with Gasteiger partial charge in [-0.05, 0) is 104 Å². The molecule has 3 aliphatic heterocycles.